The van der Waals surface area contributed by atoms with Crippen LogP contribution in [0.2, 0.25) is 0 Å². The smallest absolute Gasteiger partial charge is 0.254 e. The number of rotatable bonds is 3. The van der Waals surface area contributed by atoms with Crippen LogP contribution in [0.4, 0.5) is 0 Å². The lowest BCUT2D eigenvalue weighted by molar-refractivity contribution is -0.122. The molecule has 0 bridgehead atoms. The fourth-order valence-electron chi connectivity index (χ4n) is 4.16. The van der Waals surface area contributed by atoms with Crippen molar-refractivity contribution in [2.75, 3.05) is 32.8 Å². The van der Waals surface area contributed by atoms with E-state index in [4.69, 9.17) is 4.74 Å². The lowest BCUT2D eigenvalue weighted by atomic mass is 10.0. The van der Waals surface area contributed by atoms with E-state index in [-0.39, 0.29) is 18.4 Å². The van der Waals surface area contributed by atoms with Crippen LogP contribution in [0.5, 0.6) is 5.75 Å². The second-order valence-electron chi connectivity index (χ2n) is 8.54. The van der Waals surface area contributed by atoms with Crippen LogP contribution in [0.25, 0.3) is 0 Å². The quantitative estimate of drug-likeness (QED) is 0.769. The molecule has 2 N–H and O–H groups in total. The van der Waals surface area contributed by atoms with E-state index < -0.39 is 6.10 Å². The van der Waals surface area contributed by atoms with Crippen LogP contribution in [0.3, 0.4) is 0 Å². The van der Waals surface area contributed by atoms with Gasteiger partial charge in [-0.1, -0.05) is 36.4 Å². The summed E-state index contributed by atoms with van der Waals surface area (Å²) in [6.45, 7) is 3.15. The molecular weight excluding hydrogens is 406 g/mol. The number of ether oxygens (including phenoxy) is 1. The number of nitrogens with zero attached hydrogens (tertiary/aromatic N) is 2. The maximum Gasteiger partial charge on any atom is 0.254 e. The number of hydrogen-bond acceptors (Lipinski definition) is 5. The van der Waals surface area contributed by atoms with E-state index in [0.717, 1.165) is 30.4 Å². The van der Waals surface area contributed by atoms with Gasteiger partial charge in [-0.3, -0.25) is 14.5 Å². The van der Waals surface area contributed by atoms with Gasteiger partial charge >= 0.3 is 0 Å². The van der Waals surface area contributed by atoms with Crippen molar-refractivity contribution in [1.82, 2.24) is 15.1 Å². The average molecular weight is 438 g/mol. The number of carbonyl (C=O) groups is 2. The first-order valence-corrected chi connectivity index (χ1v) is 11.3. The van der Waals surface area contributed by atoms with Crippen LogP contribution in [0.15, 0.2) is 48.5 Å². The molecule has 2 amide bonds. The van der Waals surface area contributed by atoms with Crippen molar-refractivity contribution in [2.24, 2.45) is 0 Å². The van der Waals surface area contributed by atoms with E-state index in [1.807, 2.05) is 53.4 Å². The van der Waals surface area contributed by atoms with Crippen LogP contribution in [0, 0.1) is 0 Å². The number of nitrogens with one attached hydrogen (secondary N) is 1. The SMILES string of the molecule is O=C1CN(Cc2ccccc2)Cc2c(cccc2C(=O)N2CC(O)C2)OCCCCCN1. The van der Waals surface area contributed by atoms with E-state index in [1.165, 1.54) is 0 Å². The number of aliphatic hydroxyl groups is 1. The molecule has 1 fully saturated rings. The Morgan fingerprint density at radius 3 is 2.62 bits per heavy atom. The molecular formula is C25H31N3O4. The highest BCUT2D eigenvalue weighted by atomic mass is 16.5. The zero-order valence-corrected chi connectivity index (χ0v) is 18.3. The highest BCUT2D eigenvalue weighted by Crippen LogP contribution is 2.28. The van der Waals surface area contributed by atoms with Crippen molar-refractivity contribution in [3.63, 3.8) is 0 Å². The minimum Gasteiger partial charge on any atom is -0.493 e. The molecule has 2 aromatic rings. The minimum atomic E-state index is -0.457. The summed E-state index contributed by atoms with van der Waals surface area (Å²) in [5.74, 6) is 0.566. The predicted octanol–water partition coefficient (Wildman–Crippen LogP) is 2.18. The van der Waals surface area contributed by atoms with E-state index in [2.05, 4.69) is 5.32 Å². The Kier molecular flexibility index (Phi) is 7.39. The Balaban J connectivity index is 1.65. The van der Waals surface area contributed by atoms with Crippen molar-refractivity contribution in [1.29, 1.82) is 0 Å². The number of amides is 2. The third-order valence-electron chi connectivity index (χ3n) is 5.91. The number of carbonyl (C=O) groups excluding carboxylic acids is 2. The van der Waals surface area contributed by atoms with Crippen molar-refractivity contribution >= 4 is 11.8 Å². The molecule has 0 aliphatic carbocycles. The largest absolute Gasteiger partial charge is 0.493 e. The molecule has 0 aromatic heterocycles. The van der Waals surface area contributed by atoms with Gasteiger partial charge in [-0.2, -0.15) is 0 Å². The second kappa shape index (κ2) is 10.6. The van der Waals surface area contributed by atoms with E-state index in [9.17, 15) is 14.7 Å². The maximum absolute atomic E-state index is 13.2. The number of aliphatic hydroxyl groups excluding tert-OH is 1. The van der Waals surface area contributed by atoms with E-state index >= 15 is 0 Å². The standard InChI is InChI=1S/C25H31N3O4/c29-20-15-28(16-20)25(31)21-10-7-11-23-22(21)17-27(14-19-8-3-1-4-9-19)18-24(30)26-12-5-2-6-13-32-23/h1,3-4,7-11,20,29H,2,5-6,12-18H2,(H,26,30). The number of benzene rings is 2. The Morgan fingerprint density at radius 2 is 1.84 bits per heavy atom. The third kappa shape index (κ3) is 5.66. The van der Waals surface area contributed by atoms with Gasteiger partial charge < -0.3 is 20.1 Å². The van der Waals surface area contributed by atoms with Gasteiger partial charge in [0.1, 0.15) is 5.75 Å². The van der Waals surface area contributed by atoms with Crippen LogP contribution < -0.4 is 10.1 Å². The molecule has 0 atom stereocenters. The first kappa shape index (κ1) is 22.3. The number of fused-ring (bicyclic) bond motifs is 1. The van der Waals surface area contributed by atoms with Crippen molar-refractivity contribution < 1.29 is 19.4 Å². The minimum absolute atomic E-state index is 0.0164. The van der Waals surface area contributed by atoms with E-state index in [1.54, 1.807) is 4.90 Å². The monoisotopic (exact) mass is 437 g/mol. The highest BCUT2D eigenvalue weighted by Gasteiger charge is 2.31. The van der Waals surface area contributed by atoms with E-state index in [0.29, 0.717) is 50.6 Å². The molecule has 0 saturated carbocycles. The summed E-state index contributed by atoms with van der Waals surface area (Å²) >= 11 is 0. The predicted molar refractivity (Wildman–Crippen MR) is 121 cm³/mol. The molecule has 2 aliphatic rings. The second-order valence-corrected chi connectivity index (χ2v) is 8.54. The highest BCUT2D eigenvalue weighted by molar-refractivity contribution is 5.97. The zero-order chi connectivity index (χ0) is 22.3. The van der Waals surface area contributed by atoms with Gasteiger partial charge in [0.2, 0.25) is 5.91 Å². The molecule has 7 heteroatoms. The fourth-order valence-corrected chi connectivity index (χ4v) is 4.16. The summed E-state index contributed by atoms with van der Waals surface area (Å²) in [4.78, 5) is 29.5. The topological polar surface area (TPSA) is 82.1 Å². The van der Waals surface area contributed by atoms with Gasteiger partial charge in [-0.05, 0) is 37.0 Å². The summed E-state index contributed by atoms with van der Waals surface area (Å²) in [5, 5.41) is 12.7. The Morgan fingerprint density at radius 1 is 1.03 bits per heavy atom. The van der Waals surface area contributed by atoms with Gasteiger partial charge in [0.15, 0.2) is 0 Å². The summed E-state index contributed by atoms with van der Waals surface area (Å²) in [6, 6.07) is 15.6. The molecule has 2 aromatic carbocycles. The summed E-state index contributed by atoms with van der Waals surface area (Å²) in [5.41, 5.74) is 2.46. The van der Waals surface area contributed by atoms with Crippen LogP contribution in [-0.2, 0) is 17.9 Å². The molecule has 170 valence electrons. The molecule has 1 saturated heterocycles. The number of hydrogen-bond donors (Lipinski definition) is 2. The van der Waals surface area contributed by atoms with Gasteiger partial charge in [0.05, 0.1) is 19.3 Å². The third-order valence-corrected chi connectivity index (χ3v) is 5.91. The lowest BCUT2D eigenvalue weighted by Crippen LogP contribution is -2.53. The first-order chi connectivity index (χ1) is 15.6. The molecule has 0 spiro atoms. The molecule has 0 unspecified atom stereocenters. The zero-order valence-electron chi connectivity index (χ0n) is 18.3. The van der Waals surface area contributed by atoms with Gasteiger partial charge in [-0.15, -0.1) is 0 Å². The first-order valence-electron chi connectivity index (χ1n) is 11.3. The molecule has 2 heterocycles. The Bertz CT molecular complexity index is 928. The van der Waals surface area contributed by atoms with Gasteiger partial charge in [-0.25, -0.2) is 0 Å². The number of likely N-dealkylation sites (tertiary alicyclic amines) is 1. The summed E-state index contributed by atoms with van der Waals surface area (Å²) in [6.07, 6.45) is 2.31. The van der Waals surface area contributed by atoms with Crippen molar-refractivity contribution in [3.05, 3.63) is 65.2 Å². The van der Waals surface area contributed by atoms with Crippen molar-refractivity contribution in [3.8, 4) is 5.75 Å². The van der Waals surface area contributed by atoms with Crippen LogP contribution in [-0.4, -0.2) is 65.6 Å². The maximum atomic E-state index is 13.2. The summed E-state index contributed by atoms with van der Waals surface area (Å²) < 4.78 is 6.12. The molecule has 0 radical (unpaired) electrons. The fraction of sp³-hybridized carbons (Fsp3) is 0.440. The normalized spacial score (nSPS) is 18.8. The Labute approximate surface area is 189 Å². The molecule has 4 rings (SSSR count). The lowest BCUT2D eigenvalue weighted by Gasteiger charge is -2.36. The number of β-amino-alcohol motifs (C(OH)–C–C–N with tert-alkyl or cyclic N) is 1. The summed E-state index contributed by atoms with van der Waals surface area (Å²) in [7, 11) is 0. The molecule has 2 aliphatic heterocycles. The van der Waals surface area contributed by atoms with Gasteiger partial charge in [0.25, 0.3) is 5.91 Å². The van der Waals surface area contributed by atoms with Crippen LogP contribution in [0.1, 0.15) is 40.7 Å². The molecule has 7 nitrogen and oxygen atoms in total. The Hall–Kier alpha value is -2.90. The van der Waals surface area contributed by atoms with Gasteiger partial charge in [0, 0.05) is 43.9 Å². The van der Waals surface area contributed by atoms with Crippen molar-refractivity contribution in [2.45, 2.75) is 38.5 Å². The van der Waals surface area contributed by atoms with Crippen LogP contribution >= 0.6 is 0 Å². The molecule has 32 heavy (non-hydrogen) atoms. The average Bonchev–Trinajstić information content (AvgIpc) is 2.78.